The number of amides is 1. The molecule has 0 radical (unpaired) electrons. The Kier molecular flexibility index (Phi) is 4.98. The van der Waals surface area contributed by atoms with E-state index in [1.807, 2.05) is 6.26 Å². The van der Waals surface area contributed by atoms with Crippen molar-refractivity contribution in [3.63, 3.8) is 0 Å². The van der Waals surface area contributed by atoms with Gasteiger partial charge in [-0.1, -0.05) is 6.92 Å². The predicted molar refractivity (Wildman–Crippen MR) is 81.4 cm³/mol. The van der Waals surface area contributed by atoms with Crippen molar-refractivity contribution in [1.29, 1.82) is 0 Å². The van der Waals surface area contributed by atoms with Crippen LogP contribution in [0.25, 0.3) is 0 Å². The van der Waals surface area contributed by atoms with Gasteiger partial charge in [0.25, 0.3) is 5.91 Å². The first-order chi connectivity index (χ1) is 9.97. The summed E-state index contributed by atoms with van der Waals surface area (Å²) in [5.41, 5.74) is -1.16. The summed E-state index contributed by atoms with van der Waals surface area (Å²) in [5.74, 6) is 0.686. The van der Waals surface area contributed by atoms with Crippen LogP contribution in [0.15, 0.2) is 16.5 Å². The molecule has 1 amide bonds. The minimum atomic E-state index is -1.16. The van der Waals surface area contributed by atoms with Crippen LogP contribution in [-0.2, 0) is 10.5 Å². The Balaban J connectivity index is 2.09. The molecule has 1 heterocycles. The number of hydrogen-bond donors (Lipinski definition) is 2. The topological polar surface area (TPSA) is 79.5 Å². The van der Waals surface area contributed by atoms with E-state index in [4.69, 9.17) is 4.42 Å². The zero-order chi connectivity index (χ0) is 15.5. The molecule has 1 aromatic heterocycles. The molecule has 0 unspecified atom stereocenters. The lowest BCUT2D eigenvalue weighted by Gasteiger charge is -2.36. The summed E-state index contributed by atoms with van der Waals surface area (Å²) >= 11 is 1.60. The van der Waals surface area contributed by atoms with Crippen LogP contribution in [0.4, 0.5) is 0 Å². The summed E-state index contributed by atoms with van der Waals surface area (Å²) in [6, 6.07) is 3.35. The summed E-state index contributed by atoms with van der Waals surface area (Å²) in [5, 5.41) is 12.2. The maximum atomic E-state index is 12.2. The van der Waals surface area contributed by atoms with Crippen molar-refractivity contribution in [2.45, 2.75) is 43.9 Å². The van der Waals surface area contributed by atoms with E-state index in [1.165, 1.54) is 0 Å². The molecular weight excluding hydrogens is 290 g/mol. The quantitative estimate of drug-likeness (QED) is 0.874. The zero-order valence-electron chi connectivity index (χ0n) is 12.3. The van der Waals surface area contributed by atoms with Gasteiger partial charge in [0.05, 0.1) is 5.75 Å². The highest BCUT2D eigenvalue weighted by molar-refractivity contribution is 7.97. The fourth-order valence-electron chi connectivity index (χ4n) is 2.65. The number of nitrogens with one attached hydrogen (secondary N) is 1. The van der Waals surface area contributed by atoms with Crippen LogP contribution in [0.2, 0.25) is 0 Å². The van der Waals surface area contributed by atoms with E-state index in [0.29, 0.717) is 30.3 Å². The third-order valence-corrected chi connectivity index (χ3v) is 4.64. The normalized spacial score (nSPS) is 25.5. The summed E-state index contributed by atoms with van der Waals surface area (Å²) in [7, 11) is 0. The highest BCUT2D eigenvalue weighted by Crippen LogP contribution is 2.32. The van der Waals surface area contributed by atoms with Crippen LogP contribution in [-0.4, -0.2) is 28.8 Å². The van der Waals surface area contributed by atoms with Crippen LogP contribution >= 0.6 is 11.8 Å². The second-order valence-corrected chi connectivity index (χ2v) is 6.59. The van der Waals surface area contributed by atoms with Gasteiger partial charge in [0.15, 0.2) is 5.76 Å². The summed E-state index contributed by atoms with van der Waals surface area (Å²) < 4.78 is 5.45. The van der Waals surface area contributed by atoms with E-state index in [9.17, 15) is 14.7 Å². The molecule has 2 N–H and O–H groups in total. The summed E-state index contributed by atoms with van der Waals surface area (Å²) in [6.07, 6.45) is 4.50. The van der Waals surface area contributed by atoms with E-state index in [2.05, 4.69) is 12.2 Å². The molecular formula is C15H21NO4S. The highest BCUT2D eigenvalue weighted by atomic mass is 32.2. The number of carboxylic acids is 1. The molecule has 0 aromatic carbocycles. The smallest absolute Gasteiger partial charge is 0.329 e. The minimum absolute atomic E-state index is 0.179. The second kappa shape index (κ2) is 6.56. The van der Waals surface area contributed by atoms with Crippen LogP contribution in [0.5, 0.6) is 0 Å². The summed E-state index contributed by atoms with van der Waals surface area (Å²) in [4.78, 5) is 23.9. The Morgan fingerprint density at radius 3 is 2.67 bits per heavy atom. The molecule has 1 aliphatic rings. The van der Waals surface area contributed by atoms with E-state index >= 15 is 0 Å². The van der Waals surface area contributed by atoms with Crippen LogP contribution in [0.1, 0.15) is 48.9 Å². The number of carboxylic acid groups (broad SMARTS) is 1. The van der Waals surface area contributed by atoms with Crippen molar-refractivity contribution in [3.05, 3.63) is 23.7 Å². The average Bonchev–Trinajstić information content (AvgIpc) is 2.90. The van der Waals surface area contributed by atoms with E-state index < -0.39 is 17.4 Å². The second-order valence-electron chi connectivity index (χ2n) is 5.72. The standard InChI is InChI=1S/C15H21NO4S/c1-10-5-7-15(8-6-10,14(18)19)16-13(17)12-4-3-11(20-12)9-21-2/h3-4,10H,5-9H2,1-2H3,(H,16,17)(H,18,19). The first-order valence-electron chi connectivity index (χ1n) is 7.10. The number of aliphatic carboxylic acids is 1. The molecule has 0 aliphatic heterocycles. The minimum Gasteiger partial charge on any atom is -0.480 e. The molecule has 2 rings (SSSR count). The largest absolute Gasteiger partial charge is 0.480 e. The van der Waals surface area contributed by atoms with Gasteiger partial charge >= 0.3 is 5.97 Å². The van der Waals surface area contributed by atoms with Gasteiger partial charge in [-0.05, 0) is 50.0 Å². The van der Waals surface area contributed by atoms with Gasteiger partial charge < -0.3 is 14.8 Å². The molecule has 0 atom stereocenters. The number of furan rings is 1. The summed E-state index contributed by atoms with van der Waals surface area (Å²) in [6.45, 7) is 2.11. The Hall–Kier alpha value is -1.43. The zero-order valence-corrected chi connectivity index (χ0v) is 13.2. The van der Waals surface area contributed by atoms with Crippen molar-refractivity contribution in [2.75, 3.05) is 6.26 Å². The van der Waals surface area contributed by atoms with Crippen LogP contribution < -0.4 is 5.32 Å². The van der Waals surface area contributed by atoms with Gasteiger partial charge in [0.1, 0.15) is 11.3 Å². The van der Waals surface area contributed by atoms with Gasteiger partial charge in [-0.2, -0.15) is 11.8 Å². The molecule has 5 nitrogen and oxygen atoms in total. The average molecular weight is 311 g/mol. The van der Waals surface area contributed by atoms with Gasteiger partial charge in [-0.3, -0.25) is 4.79 Å². The van der Waals surface area contributed by atoms with Crippen LogP contribution in [0, 0.1) is 5.92 Å². The molecule has 0 spiro atoms. The van der Waals surface area contributed by atoms with Crippen LogP contribution in [0.3, 0.4) is 0 Å². The Morgan fingerprint density at radius 2 is 2.10 bits per heavy atom. The predicted octanol–water partition coefficient (Wildman–Crippen LogP) is 2.91. The monoisotopic (exact) mass is 311 g/mol. The van der Waals surface area contributed by atoms with Gasteiger partial charge in [0, 0.05) is 0 Å². The number of thioether (sulfide) groups is 1. The number of carbonyl (C=O) groups excluding carboxylic acids is 1. The van der Waals surface area contributed by atoms with Crippen molar-refractivity contribution in [1.82, 2.24) is 5.32 Å². The lowest BCUT2D eigenvalue weighted by molar-refractivity contribution is -0.146. The Labute approximate surface area is 128 Å². The van der Waals surface area contributed by atoms with Crippen molar-refractivity contribution in [3.8, 4) is 0 Å². The van der Waals surface area contributed by atoms with Gasteiger partial charge in [0.2, 0.25) is 0 Å². The molecule has 1 aromatic rings. The lowest BCUT2D eigenvalue weighted by atomic mass is 9.77. The molecule has 21 heavy (non-hydrogen) atoms. The fraction of sp³-hybridized carbons (Fsp3) is 0.600. The van der Waals surface area contributed by atoms with E-state index in [0.717, 1.165) is 12.8 Å². The third kappa shape index (κ3) is 3.61. The van der Waals surface area contributed by atoms with Gasteiger partial charge in [-0.15, -0.1) is 0 Å². The molecule has 1 saturated carbocycles. The molecule has 6 heteroatoms. The van der Waals surface area contributed by atoms with E-state index in [1.54, 1.807) is 23.9 Å². The maximum Gasteiger partial charge on any atom is 0.329 e. The first-order valence-corrected chi connectivity index (χ1v) is 8.50. The van der Waals surface area contributed by atoms with Crippen molar-refractivity contribution >= 4 is 23.6 Å². The highest BCUT2D eigenvalue weighted by Gasteiger charge is 2.43. The van der Waals surface area contributed by atoms with E-state index in [-0.39, 0.29) is 5.76 Å². The van der Waals surface area contributed by atoms with Crippen molar-refractivity contribution in [2.24, 2.45) is 5.92 Å². The first kappa shape index (κ1) is 15.9. The number of rotatable bonds is 5. The lowest BCUT2D eigenvalue weighted by Crippen LogP contribution is -2.56. The maximum absolute atomic E-state index is 12.2. The Bertz CT molecular complexity index is 517. The fourth-order valence-corrected chi connectivity index (χ4v) is 3.09. The van der Waals surface area contributed by atoms with Crippen molar-refractivity contribution < 1.29 is 19.1 Å². The van der Waals surface area contributed by atoms with Gasteiger partial charge in [-0.25, -0.2) is 4.79 Å². The molecule has 1 fully saturated rings. The number of hydrogen-bond acceptors (Lipinski definition) is 4. The molecule has 0 saturated heterocycles. The third-order valence-electron chi connectivity index (χ3n) is 4.06. The number of carbonyl (C=O) groups is 2. The molecule has 0 bridgehead atoms. The molecule has 1 aliphatic carbocycles. The SMILES string of the molecule is CSCc1ccc(C(=O)NC2(C(=O)O)CCC(C)CC2)o1. The molecule has 116 valence electrons. The Morgan fingerprint density at radius 1 is 1.43 bits per heavy atom.